The Labute approximate surface area is 510 Å². The van der Waals surface area contributed by atoms with Gasteiger partial charge in [-0.1, -0.05) is 354 Å². The molecule has 0 atom stereocenters. The second-order valence-corrected chi connectivity index (χ2v) is 86.9. The van der Waals surface area contributed by atoms with Gasteiger partial charge in [-0.25, -0.2) is 0 Å². The first-order chi connectivity index (χ1) is 37.0. The fourth-order valence-corrected chi connectivity index (χ4v) is 30.5. The molecule has 0 saturated heterocycles. The van der Waals surface area contributed by atoms with Crippen LogP contribution in [0.3, 0.4) is 0 Å². The van der Waals surface area contributed by atoms with E-state index in [1.54, 1.807) is 95.8 Å². The third-order valence-corrected chi connectivity index (χ3v) is 39.6. The predicted molar refractivity (Wildman–Crippen MR) is 413 cm³/mol. The molecule has 0 spiro atoms. The largest absolute Gasteiger partial charge is 0.243 e. The van der Waals surface area contributed by atoms with Gasteiger partial charge in [0.2, 0.25) is 13.4 Å². The summed E-state index contributed by atoms with van der Waals surface area (Å²) in [4.78, 5) is 0. The van der Waals surface area contributed by atoms with E-state index in [1.807, 2.05) is 0 Å². The van der Waals surface area contributed by atoms with Crippen LogP contribution < -0.4 is 84.6 Å². The van der Waals surface area contributed by atoms with Gasteiger partial charge in [0.05, 0.1) is 80.7 Å². The van der Waals surface area contributed by atoms with Gasteiger partial charge in [0, 0.05) is 0 Å². The van der Waals surface area contributed by atoms with E-state index < -0.39 is 80.7 Å². The van der Waals surface area contributed by atoms with Crippen LogP contribution in [0.1, 0.15) is 0 Å². The van der Waals surface area contributed by atoms with Crippen molar-refractivity contribution >= 4 is 211 Å². The zero-order valence-corrected chi connectivity index (χ0v) is 67.2. The van der Waals surface area contributed by atoms with E-state index in [0.717, 1.165) is 0 Å². The number of benzene rings is 8. The molecule has 0 saturated carbocycles. The van der Waals surface area contributed by atoms with Gasteiger partial charge in [-0.15, -0.1) is 0 Å². The summed E-state index contributed by atoms with van der Waals surface area (Å²) in [6, 6.07) is 38.3. The van der Waals surface area contributed by atoms with Gasteiger partial charge < -0.3 is 0 Å². The fourth-order valence-electron chi connectivity index (χ4n) is 14.7. The monoisotopic (exact) mass is 1250 g/mol. The average molecular weight is 1250 g/mol. The standard InChI is InChI=1S/C70H104B2Si10/c1-73(2,3)47-37-55-53-35-45-31-34-52-64-46(32-33-51(63(45)64)65(53)71(67(55)57(39-47)77(13,14)15)69-59(79(19,20)21)41-49(75(7,8)9)42-60(69)80(22,23)24)36-54-56-38-48(74(4,5)6)40-58(78(16,17)18)68(56)72(66(52)54)70-61(81(25,26)27)43-50(76(10,11)12)44-62(70)82(28,29)30/h31-44H,1-30H3. The van der Waals surface area contributed by atoms with E-state index in [1.165, 1.54) is 43.4 Å². The highest BCUT2D eigenvalue weighted by molar-refractivity contribution is 7.14. The first kappa shape index (κ1) is 62.2. The van der Waals surface area contributed by atoms with Crippen LogP contribution in [-0.2, 0) is 0 Å². The normalized spacial score (nSPS) is 14.9. The van der Waals surface area contributed by atoms with Crippen molar-refractivity contribution in [1.82, 2.24) is 0 Å². The molecule has 2 aliphatic rings. The molecule has 0 aliphatic carbocycles. The quantitative estimate of drug-likeness (QED) is 0.0845. The molecule has 12 heteroatoms. The summed E-state index contributed by atoms with van der Waals surface area (Å²) < 4.78 is 0. The van der Waals surface area contributed by atoms with Crippen molar-refractivity contribution in [3.8, 4) is 22.3 Å². The summed E-state index contributed by atoms with van der Waals surface area (Å²) in [6.45, 7) is 79.3. The van der Waals surface area contributed by atoms with E-state index in [0.29, 0.717) is 0 Å². The Morgan fingerprint density at radius 3 is 0.634 bits per heavy atom. The van der Waals surface area contributed by atoms with Gasteiger partial charge in [0.1, 0.15) is 0 Å². The van der Waals surface area contributed by atoms with Crippen LogP contribution in [0.2, 0.25) is 196 Å². The minimum absolute atomic E-state index is 0.177. The second-order valence-electron chi connectivity index (χ2n) is 36.4. The smallest absolute Gasteiger partial charge is 0.0700 e. The molecular weight excluding hydrogens is 1140 g/mol. The van der Waals surface area contributed by atoms with Crippen LogP contribution in [0.5, 0.6) is 0 Å². The minimum Gasteiger partial charge on any atom is -0.0700 e. The van der Waals surface area contributed by atoms with Crippen LogP contribution in [-0.4, -0.2) is 94.2 Å². The molecule has 0 unspecified atom stereocenters. The number of hydrogen-bond acceptors (Lipinski definition) is 0. The summed E-state index contributed by atoms with van der Waals surface area (Å²) in [7, 11) is -18.4. The second kappa shape index (κ2) is 19.3. The Hall–Kier alpha value is -2.90. The van der Waals surface area contributed by atoms with Gasteiger partial charge in [-0.3, -0.25) is 0 Å². The predicted octanol–water partition coefficient (Wildman–Crippen LogP) is 11.0. The zero-order chi connectivity index (χ0) is 61.1. The van der Waals surface area contributed by atoms with Gasteiger partial charge in [0.15, 0.2) is 0 Å². The van der Waals surface area contributed by atoms with Crippen molar-refractivity contribution < 1.29 is 0 Å². The summed E-state index contributed by atoms with van der Waals surface area (Å²) >= 11 is 0. The third kappa shape index (κ3) is 10.4. The summed E-state index contributed by atoms with van der Waals surface area (Å²) in [6.07, 6.45) is 0. The fraction of sp³-hybridized carbons (Fsp3) is 0.429. The summed E-state index contributed by atoms with van der Waals surface area (Å²) in [5, 5.41) is 25.7. The van der Waals surface area contributed by atoms with Gasteiger partial charge >= 0.3 is 0 Å². The summed E-state index contributed by atoms with van der Waals surface area (Å²) in [5.74, 6) is 0. The molecule has 2 aliphatic heterocycles. The van der Waals surface area contributed by atoms with Crippen molar-refractivity contribution in [2.45, 2.75) is 196 Å². The van der Waals surface area contributed by atoms with Crippen molar-refractivity contribution in [2.75, 3.05) is 0 Å². The molecule has 10 rings (SSSR count). The lowest BCUT2D eigenvalue weighted by molar-refractivity contribution is 1.67. The molecule has 0 bridgehead atoms. The molecule has 8 aromatic rings. The molecule has 0 N–H and O–H groups in total. The van der Waals surface area contributed by atoms with Crippen LogP contribution in [0.25, 0.3) is 54.6 Å². The number of hydrogen-bond donors (Lipinski definition) is 0. The van der Waals surface area contributed by atoms with Crippen LogP contribution in [0.15, 0.2) is 84.9 Å². The lowest BCUT2D eigenvalue weighted by atomic mass is 9.37. The highest BCUT2D eigenvalue weighted by atomic mass is 28.3. The maximum absolute atomic E-state index is 2.80. The topological polar surface area (TPSA) is 0 Å². The molecule has 0 amide bonds. The van der Waals surface area contributed by atoms with E-state index in [2.05, 4.69) is 281 Å². The molecule has 0 fully saturated rings. The van der Waals surface area contributed by atoms with Crippen LogP contribution in [0, 0.1) is 0 Å². The molecule has 82 heavy (non-hydrogen) atoms. The number of rotatable bonds is 12. The molecule has 0 aromatic heterocycles. The Morgan fingerprint density at radius 2 is 0.415 bits per heavy atom. The Morgan fingerprint density at radius 1 is 0.207 bits per heavy atom. The van der Waals surface area contributed by atoms with Crippen molar-refractivity contribution in [2.24, 2.45) is 0 Å². The first-order valence-electron chi connectivity index (χ1n) is 31.6. The van der Waals surface area contributed by atoms with Crippen molar-refractivity contribution in [3.05, 3.63) is 84.9 Å². The Kier molecular flexibility index (Phi) is 14.6. The molecule has 2 heterocycles. The highest BCUT2D eigenvalue weighted by Gasteiger charge is 2.48. The van der Waals surface area contributed by atoms with E-state index >= 15 is 0 Å². The third-order valence-electron chi connectivity index (χ3n) is 19.3. The first-order valence-corrected chi connectivity index (χ1v) is 66.6. The lowest BCUT2D eigenvalue weighted by Crippen LogP contribution is -2.72. The SMILES string of the molecule is C[Si](C)(C)c1cc2c(c([Si](C)(C)C)c1)B(c1c([Si](C)(C)C)cc([Si](C)(C)C)cc1[Si](C)(C)C)c1c-2cc2ccc3c4c(cc5ccc1c2c53)-c1cc([Si](C)(C)C)cc([Si](C)(C)C)c1B4c1c([Si](C)(C)C)cc([Si](C)(C)C)cc1[Si](C)(C)C. The Bertz CT molecular complexity index is 3640. The van der Waals surface area contributed by atoms with Crippen molar-refractivity contribution in [1.29, 1.82) is 0 Å². The molecule has 8 aromatic carbocycles. The van der Waals surface area contributed by atoms with Crippen molar-refractivity contribution in [3.63, 3.8) is 0 Å². The van der Waals surface area contributed by atoms with Gasteiger partial charge in [-0.2, -0.15) is 0 Å². The number of fused-ring (bicyclic) bond motifs is 8. The van der Waals surface area contributed by atoms with Crippen LogP contribution >= 0.6 is 0 Å². The Balaban J connectivity index is 1.44. The highest BCUT2D eigenvalue weighted by Crippen LogP contribution is 2.41. The van der Waals surface area contributed by atoms with Crippen LogP contribution in [0.4, 0.5) is 0 Å². The molecule has 0 radical (unpaired) electrons. The molecular formula is C70H104B2Si10. The average Bonchev–Trinajstić information content (AvgIpc) is 1.50. The minimum atomic E-state index is -1.94. The summed E-state index contributed by atoms with van der Waals surface area (Å²) in [5.41, 5.74) is 16.1. The van der Waals surface area contributed by atoms with E-state index in [-0.39, 0.29) is 13.4 Å². The van der Waals surface area contributed by atoms with E-state index in [9.17, 15) is 0 Å². The van der Waals surface area contributed by atoms with E-state index in [4.69, 9.17) is 0 Å². The molecule has 0 nitrogen and oxygen atoms in total. The maximum Gasteiger partial charge on any atom is 0.243 e. The lowest BCUT2D eigenvalue weighted by Gasteiger charge is -2.36. The zero-order valence-electron chi connectivity index (χ0n) is 57.2. The van der Waals surface area contributed by atoms with Gasteiger partial charge in [-0.05, 0) is 66.7 Å². The molecule has 430 valence electrons. The van der Waals surface area contributed by atoms with Gasteiger partial charge in [0.25, 0.3) is 0 Å². The maximum atomic E-state index is 2.80.